The molecule has 0 unspecified atom stereocenters. The number of rotatable bonds is 6. The summed E-state index contributed by atoms with van der Waals surface area (Å²) in [5, 5.41) is 10.2. The number of carbonyl (C=O) groups excluding carboxylic acids is 1. The van der Waals surface area contributed by atoms with E-state index >= 15 is 0 Å². The number of carbonyl (C=O) groups is 1. The number of nitrogens with zero attached hydrogens (tertiary/aromatic N) is 4. The molecule has 0 bridgehead atoms. The number of piperidine rings is 1. The zero-order valence-electron chi connectivity index (χ0n) is 16.2. The minimum absolute atomic E-state index is 0.193. The number of hydrogen-bond donors (Lipinski definition) is 0. The van der Waals surface area contributed by atoms with Gasteiger partial charge in [-0.1, -0.05) is 30.3 Å². The average molecular weight is 407 g/mol. The van der Waals surface area contributed by atoms with Gasteiger partial charge in [0.2, 0.25) is 5.91 Å². The molecule has 5 nitrogen and oxygen atoms in total. The lowest BCUT2D eigenvalue weighted by Gasteiger charge is -2.39. The molecular weight excluding hydrogens is 380 g/mol. The van der Waals surface area contributed by atoms with Gasteiger partial charge >= 0.3 is 0 Å². The molecular formula is C20H27ClN4OS. The predicted octanol–water partition coefficient (Wildman–Crippen LogP) is 4.89. The van der Waals surface area contributed by atoms with E-state index in [1.807, 2.05) is 24.3 Å². The Labute approximate surface area is 170 Å². The van der Waals surface area contributed by atoms with Gasteiger partial charge in [0.25, 0.3) is 0 Å². The van der Waals surface area contributed by atoms with Gasteiger partial charge in [-0.05, 0) is 63.8 Å². The van der Waals surface area contributed by atoms with Gasteiger partial charge < -0.3 is 9.47 Å². The van der Waals surface area contributed by atoms with Crippen molar-refractivity contribution in [2.24, 2.45) is 0 Å². The molecule has 2 heterocycles. The first-order chi connectivity index (χ1) is 13.0. The van der Waals surface area contributed by atoms with Crippen LogP contribution in [0.15, 0.2) is 29.4 Å². The van der Waals surface area contributed by atoms with Crippen LogP contribution >= 0.6 is 23.4 Å². The van der Waals surface area contributed by atoms with E-state index in [-0.39, 0.29) is 5.91 Å². The van der Waals surface area contributed by atoms with E-state index in [1.165, 1.54) is 18.2 Å². The summed E-state index contributed by atoms with van der Waals surface area (Å²) in [4.78, 5) is 14.9. The number of aromatic nitrogens is 3. The van der Waals surface area contributed by atoms with Crippen molar-refractivity contribution < 1.29 is 4.79 Å². The highest BCUT2D eigenvalue weighted by Crippen LogP contribution is 2.28. The standard InChI is InChI=1S/C20H27ClN4OS/c1-4-12-24-19(16-8-10-17(21)11-9-16)22-23-20(24)27-13-18(26)25-14(2)6-5-7-15(25)3/h8-11,14-15H,4-7,12-13H2,1-3H3/t14-,15-/m1/s1. The Morgan fingerprint density at radius 1 is 1.19 bits per heavy atom. The quantitative estimate of drug-likeness (QED) is 0.641. The van der Waals surface area contributed by atoms with Gasteiger partial charge in [-0.15, -0.1) is 10.2 Å². The van der Waals surface area contributed by atoms with Gasteiger partial charge in [-0.25, -0.2) is 0 Å². The number of thioether (sulfide) groups is 1. The minimum Gasteiger partial charge on any atom is -0.337 e. The van der Waals surface area contributed by atoms with Crippen LogP contribution < -0.4 is 0 Å². The summed E-state index contributed by atoms with van der Waals surface area (Å²) in [6, 6.07) is 8.26. The number of benzene rings is 1. The first-order valence-corrected chi connectivity index (χ1v) is 11.0. The van der Waals surface area contributed by atoms with Gasteiger partial charge in [0.15, 0.2) is 11.0 Å². The molecule has 1 aliphatic heterocycles. The van der Waals surface area contributed by atoms with Gasteiger partial charge in [0, 0.05) is 29.2 Å². The summed E-state index contributed by atoms with van der Waals surface area (Å²) in [5.74, 6) is 1.42. The topological polar surface area (TPSA) is 51.0 Å². The highest BCUT2D eigenvalue weighted by molar-refractivity contribution is 7.99. The van der Waals surface area contributed by atoms with Crippen LogP contribution in [0.2, 0.25) is 5.02 Å². The molecule has 1 fully saturated rings. The third kappa shape index (κ3) is 4.66. The monoisotopic (exact) mass is 406 g/mol. The van der Waals surface area contributed by atoms with Crippen LogP contribution in [-0.2, 0) is 11.3 Å². The summed E-state index contributed by atoms with van der Waals surface area (Å²) in [6.07, 6.45) is 4.36. The van der Waals surface area contributed by atoms with Gasteiger partial charge in [0.05, 0.1) is 5.75 Å². The molecule has 0 saturated carbocycles. The highest BCUT2D eigenvalue weighted by Gasteiger charge is 2.29. The van der Waals surface area contributed by atoms with E-state index in [1.54, 1.807) is 0 Å². The van der Waals surface area contributed by atoms with Crippen molar-refractivity contribution in [3.63, 3.8) is 0 Å². The maximum atomic E-state index is 12.8. The smallest absolute Gasteiger partial charge is 0.233 e. The van der Waals surface area contributed by atoms with Crippen LogP contribution in [0.4, 0.5) is 0 Å². The molecule has 0 aliphatic carbocycles. The molecule has 146 valence electrons. The second kappa shape index (κ2) is 9.11. The summed E-state index contributed by atoms with van der Waals surface area (Å²) < 4.78 is 2.10. The Morgan fingerprint density at radius 3 is 2.48 bits per heavy atom. The molecule has 1 aromatic heterocycles. The second-order valence-corrected chi connectivity index (χ2v) is 8.56. The third-order valence-corrected chi connectivity index (χ3v) is 6.28. The first kappa shape index (κ1) is 20.2. The van der Waals surface area contributed by atoms with Crippen molar-refractivity contribution >= 4 is 29.3 Å². The van der Waals surface area contributed by atoms with Gasteiger partial charge in [0.1, 0.15) is 0 Å². The van der Waals surface area contributed by atoms with Crippen LogP contribution in [0.5, 0.6) is 0 Å². The number of halogens is 1. The lowest BCUT2D eigenvalue weighted by atomic mass is 9.98. The first-order valence-electron chi connectivity index (χ1n) is 9.64. The Kier molecular flexibility index (Phi) is 6.82. The molecule has 7 heteroatoms. The summed E-state index contributed by atoms with van der Waals surface area (Å²) >= 11 is 7.48. The lowest BCUT2D eigenvalue weighted by molar-refractivity contribution is -0.134. The Balaban J connectivity index is 1.75. The maximum absolute atomic E-state index is 12.8. The fourth-order valence-corrected chi connectivity index (χ4v) is 4.71. The number of amides is 1. The molecule has 2 atom stereocenters. The normalized spacial score (nSPS) is 20.1. The van der Waals surface area contributed by atoms with Crippen molar-refractivity contribution in [2.45, 2.75) is 70.2 Å². The SMILES string of the molecule is CCCn1c(SCC(=O)N2[C@H](C)CCC[C@H]2C)nnc1-c1ccc(Cl)cc1. The molecule has 0 spiro atoms. The number of likely N-dealkylation sites (tertiary alicyclic amines) is 1. The molecule has 3 rings (SSSR count). The molecule has 1 saturated heterocycles. The zero-order chi connectivity index (χ0) is 19.4. The third-order valence-electron chi connectivity index (χ3n) is 5.07. The maximum Gasteiger partial charge on any atom is 0.233 e. The molecule has 0 N–H and O–H groups in total. The van der Waals surface area contributed by atoms with E-state index in [4.69, 9.17) is 11.6 Å². The Morgan fingerprint density at radius 2 is 1.85 bits per heavy atom. The molecule has 2 aromatic rings. The van der Waals surface area contributed by atoms with E-state index in [0.717, 1.165) is 42.4 Å². The lowest BCUT2D eigenvalue weighted by Crippen LogP contribution is -2.48. The second-order valence-electron chi connectivity index (χ2n) is 7.18. The van der Waals surface area contributed by atoms with E-state index in [2.05, 4.69) is 40.4 Å². The summed E-state index contributed by atoms with van der Waals surface area (Å²) in [6.45, 7) is 7.24. The van der Waals surface area contributed by atoms with E-state index in [9.17, 15) is 4.79 Å². The highest BCUT2D eigenvalue weighted by atomic mass is 35.5. The molecule has 0 radical (unpaired) electrons. The van der Waals surface area contributed by atoms with Gasteiger partial charge in [-0.3, -0.25) is 4.79 Å². The van der Waals surface area contributed by atoms with Gasteiger partial charge in [-0.2, -0.15) is 0 Å². The summed E-state index contributed by atoms with van der Waals surface area (Å²) in [5.41, 5.74) is 0.983. The van der Waals surface area contributed by atoms with Crippen LogP contribution in [0.1, 0.15) is 46.5 Å². The Bertz CT molecular complexity index is 767. The summed E-state index contributed by atoms with van der Waals surface area (Å²) in [7, 11) is 0. The zero-order valence-corrected chi connectivity index (χ0v) is 17.8. The van der Waals surface area contributed by atoms with Crippen molar-refractivity contribution in [3.05, 3.63) is 29.3 Å². The Hall–Kier alpha value is -1.53. The van der Waals surface area contributed by atoms with Crippen LogP contribution in [0, 0.1) is 0 Å². The van der Waals surface area contributed by atoms with Crippen molar-refractivity contribution in [2.75, 3.05) is 5.75 Å². The van der Waals surface area contributed by atoms with Crippen LogP contribution in [-0.4, -0.2) is 43.4 Å². The molecule has 1 aromatic carbocycles. The number of hydrogen-bond acceptors (Lipinski definition) is 4. The van der Waals surface area contributed by atoms with Crippen molar-refractivity contribution in [1.82, 2.24) is 19.7 Å². The van der Waals surface area contributed by atoms with E-state index < -0.39 is 0 Å². The van der Waals surface area contributed by atoms with Crippen LogP contribution in [0.3, 0.4) is 0 Å². The molecule has 1 aliphatic rings. The predicted molar refractivity (Wildman–Crippen MR) is 111 cm³/mol. The van der Waals surface area contributed by atoms with Crippen molar-refractivity contribution in [3.8, 4) is 11.4 Å². The van der Waals surface area contributed by atoms with Crippen molar-refractivity contribution in [1.29, 1.82) is 0 Å². The molecule has 27 heavy (non-hydrogen) atoms. The average Bonchev–Trinajstić information content (AvgIpc) is 3.03. The molecule has 1 amide bonds. The minimum atomic E-state index is 0.193. The largest absolute Gasteiger partial charge is 0.337 e. The fraction of sp³-hybridized carbons (Fsp3) is 0.550. The van der Waals surface area contributed by atoms with E-state index in [0.29, 0.717) is 22.9 Å². The van der Waals surface area contributed by atoms with Crippen LogP contribution in [0.25, 0.3) is 11.4 Å². The fourth-order valence-electron chi connectivity index (χ4n) is 3.75.